The molecule has 2 N–H and O–H groups in total. The van der Waals surface area contributed by atoms with Gasteiger partial charge in [0.1, 0.15) is 11.5 Å². The summed E-state index contributed by atoms with van der Waals surface area (Å²) in [6.07, 6.45) is 6.42. The van der Waals surface area contributed by atoms with Crippen LogP contribution >= 0.6 is 0 Å². The molecule has 0 fully saturated rings. The van der Waals surface area contributed by atoms with Crippen molar-refractivity contribution in [1.82, 2.24) is 20.3 Å². The van der Waals surface area contributed by atoms with Crippen LogP contribution in [-0.2, 0) is 13.1 Å². The normalized spacial score (nSPS) is 10.3. The van der Waals surface area contributed by atoms with Gasteiger partial charge in [-0.2, -0.15) is 0 Å². The Kier molecular flexibility index (Phi) is 5.31. The summed E-state index contributed by atoms with van der Waals surface area (Å²) in [6, 6.07) is 12.0. The van der Waals surface area contributed by atoms with Gasteiger partial charge in [-0.15, -0.1) is 0 Å². The van der Waals surface area contributed by atoms with Gasteiger partial charge >= 0.3 is 0 Å². The highest BCUT2D eigenvalue weighted by Gasteiger charge is 2.07. The summed E-state index contributed by atoms with van der Waals surface area (Å²) in [5, 5.41) is 6.00. The zero-order valence-corrected chi connectivity index (χ0v) is 13.9. The average molecular weight is 333 g/mol. The molecular formula is C19H19N5O. The molecule has 0 aliphatic carbocycles. The molecule has 0 atom stereocenters. The van der Waals surface area contributed by atoms with Crippen molar-refractivity contribution < 1.29 is 4.79 Å². The maximum absolute atomic E-state index is 12.1. The van der Waals surface area contributed by atoms with Gasteiger partial charge in [-0.25, -0.2) is 9.97 Å². The number of amides is 1. The Morgan fingerprint density at radius 1 is 0.920 bits per heavy atom. The number of pyridine rings is 1. The first-order valence-electron chi connectivity index (χ1n) is 7.99. The maximum atomic E-state index is 12.1. The number of carbonyl (C=O) groups is 1. The lowest BCUT2D eigenvalue weighted by atomic mass is 10.1. The smallest absolute Gasteiger partial charge is 0.271 e. The number of aromatic nitrogens is 3. The van der Waals surface area contributed by atoms with E-state index in [0.29, 0.717) is 18.9 Å². The molecular weight excluding hydrogens is 314 g/mol. The third-order valence-electron chi connectivity index (χ3n) is 3.68. The second-order valence-corrected chi connectivity index (χ2v) is 5.66. The zero-order chi connectivity index (χ0) is 17.5. The van der Waals surface area contributed by atoms with Gasteiger partial charge in [-0.1, -0.05) is 29.8 Å². The molecule has 3 rings (SSSR count). The van der Waals surface area contributed by atoms with Crippen molar-refractivity contribution in [3.05, 3.63) is 83.6 Å². The first-order chi connectivity index (χ1) is 12.2. The van der Waals surface area contributed by atoms with Crippen LogP contribution < -0.4 is 10.6 Å². The van der Waals surface area contributed by atoms with E-state index in [9.17, 15) is 4.79 Å². The van der Waals surface area contributed by atoms with Crippen molar-refractivity contribution >= 4 is 11.7 Å². The fourth-order valence-corrected chi connectivity index (χ4v) is 2.21. The van der Waals surface area contributed by atoms with E-state index in [1.807, 2.05) is 12.1 Å². The molecule has 1 aromatic carbocycles. The SMILES string of the molecule is Cc1ccc(CNc2cnc(C(=O)NCc3ccncc3)cn2)cc1. The van der Waals surface area contributed by atoms with E-state index >= 15 is 0 Å². The predicted molar refractivity (Wildman–Crippen MR) is 95.9 cm³/mol. The summed E-state index contributed by atoms with van der Waals surface area (Å²) in [4.78, 5) is 24.4. The van der Waals surface area contributed by atoms with E-state index in [2.05, 4.69) is 56.8 Å². The summed E-state index contributed by atoms with van der Waals surface area (Å²) < 4.78 is 0. The Morgan fingerprint density at radius 2 is 1.64 bits per heavy atom. The highest BCUT2D eigenvalue weighted by atomic mass is 16.1. The number of nitrogens with zero attached hydrogens (tertiary/aromatic N) is 3. The Bertz CT molecular complexity index is 817. The molecule has 0 unspecified atom stereocenters. The molecule has 6 nitrogen and oxygen atoms in total. The number of rotatable bonds is 6. The minimum atomic E-state index is -0.255. The van der Waals surface area contributed by atoms with Crippen molar-refractivity contribution in [3.8, 4) is 0 Å². The van der Waals surface area contributed by atoms with E-state index in [1.54, 1.807) is 18.6 Å². The Labute approximate surface area is 146 Å². The van der Waals surface area contributed by atoms with Crippen LogP contribution in [-0.4, -0.2) is 20.9 Å². The average Bonchev–Trinajstić information content (AvgIpc) is 2.67. The van der Waals surface area contributed by atoms with Crippen LogP contribution in [0.15, 0.2) is 61.2 Å². The van der Waals surface area contributed by atoms with Crippen molar-refractivity contribution in [2.45, 2.75) is 20.0 Å². The molecule has 0 bridgehead atoms. The lowest BCUT2D eigenvalue weighted by Gasteiger charge is -2.07. The number of benzene rings is 1. The van der Waals surface area contributed by atoms with Gasteiger partial charge in [0.2, 0.25) is 0 Å². The molecule has 0 spiro atoms. The Balaban J connectivity index is 1.52. The van der Waals surface area contributed by atoms with E-state index in [-0.39, 0.29) is 11.6 Å². The summed E-state index contributed by atoms with van der Waals surface area (Å²) in [5.41, 5.74) is 3.65. The van der Waals surface area contributed by atoms with Gasteiger partial charge < -0.3 is 10.6 Å². The molecule has 1 amide bonds. The minimum absolute atomic E-state index is 0.255. The number of anilines is 1. The van der Waals surface area contributed by atoms with Crippen molar-refractivity contribution in [2.75, 3.05) is 5.32 Å². The summed E-state index contributed by atoms with van der Waals surface area (Å²) in [6.45, 7) is 3.14. The van der Waals surface area contributed by atoms with Crippen molar-refractivity contribution in [2.24, 2.45) is 0 Å². The van der Waals surface area contributed by atoms with E-state index in [1.165, 1.54) is 11.8 Å². The van der Waals surface area contributed by atoms with Crippen LogP contribution in [0.5, 0.6) is 0 Å². The van der Waals surface area contributed by atoms with Gasteiger partial charge in [-0.05, 0) is 30.2 Å². The third-order valence-corrected chi connectivity index (χ3v) is 3.68. The third kappa shape index (κ3) is 4.84. The molecule has 0 radical (unpaired) electrons. The van der Waals surface area contributed by atoms with Crippen LogP contribution in [0.3, 0.4) is 0 Å². The van der Waals surface area contributed by atoms with E-state index in [4.69, 9.17) is 0 Å². The molecule has 2 heterocycles. The van der Waals surface area contributed by atoms with Crippen LogP contribution in [0.4, 0.5) is 5.82 Å². The van der Waals surface area contributed by atoms with Crippen LogP contribution in [0.25, 0.3) is 0 Å². The second-order valence-electron chi connectivity index (χ2n) is 5.66. The van der Waals surface area contributed by atoms with E-state index < -0.39 is 0 Å². The molecule has 2 aromatic heterocycles. The molecule has 0 aliphatic heterocycles. The van der Waals surface area contributed by atoms with Crippen LogP contribution in [0.2, 0.25) is 0 Å². The molecule has 6 heteroatoms. The number of aryl methyl sites for hydroxylation is 1. The number of nitrogens with one attached hydrogen (secondary N) is 2. The van der Waals surface area contributed by atoms with Crippen molar-refractivity contribution in [1.29, 1.82) is 0 Å². The number of hydrogen-bond acceptors (Lipinski definition) is 5. The largest absolute Gasteiger partial charge is 0.365 e. The molecule has 3 aromatic rings. The Morgan fingerprint density at radius 3 is 2.32 bits per heavy atom. The first kappa shape index (κ1) is 16.6. The molecule has 0 aliphatic rings. The lowest BCUT2D eigenvalue weighted by molar-refractivity contribution is 0.0945. The highest BCUT2D eigenvalue weighted by molar-refractivity contribution is 5.91. The minimum Gasteiger partial charge on any atom is -0.365 e. The zero-order valence-electron chi connectivity index (χ0n) is 13.9. The van der Waals surface area contributed by atoms with Crippen LogP contribution in [0.1, 0.15) is 27.2 Å². The highest BCUT2D eigenvalue weighted by Crippen LogP contribution is 2.07. The summed E-state index contributed by atoms with van der Waals surface area (Å²) in [7, 11) is 0. The van der Waals surface area contributed by atoms with E-state index in [0.717, 1.165) is 11.1 Å². The van der Waals surface area contributed by atoms with Gasteiger partial charge in [-0.3, -0.25) is 9.78 Å². The summed E-state index contributed by atoms with van der Waals surface area (Å²) >= 11 is 0. The predicted octanol–water partition coefficient (Wildman–Crippen LogP) is 2.72. The summed E-state index contributed by atoms with van der Waals surface area (Å²) in [5.74, 6) is 0.376. The molecule has 0 saturated heterocycles. The second kappa shape index (κ2) is 8.01. The lowest BCUT2D eigenvalue weighted by Crippen LogP contribution is -2.24. The monoisotopic (exact) mass is 333 g/mol. The van der Waals surface area contributed by atoms with Gasteiger partial charge in [0.05, 0.1) is 12.4 Å². The van der Waals surface area contributed by atoms with Gasteiger partial charge in [0, 0.05) is 25.5 Å². The number of carbonyl (C=O) groups excluding carboxylic acids is 1. The fraction of sp³-hybridized carbons (Fsp3) is 0.158. The van der Waals surface area contributed by atoms with Crippen LogP contribution in [0, 0.1) is 6.92 Å². The quantitative estimate of drug-likeness (QED) is 0.725. The van der Waals surface area contributed by atoms with Gasteiger partial charge in [0.15, 0.2) is 0 Å². The maximum Gasteiger partial charge on any atom is 0.271 e. The van der Waals surface area contributed by atoms with Gasteiger partial charge in [0.25, 0.3) is 5.91 Å². The first-order valence-corrected chi connectivity index (χ1v) is 7.99. The Hall–Kier alpha value is -3.28. The molecule has 126 valence electrons. The fourth-order valence-electron chi connectivity index (χ4n) is 2.21. The topological polar surface area (TPSA) is 79.8 Å². The molecule has 0 saturated carbocycles. The molecule has 25 heavy (non-hydrogen) atoms. The number of hydrogen-bond donors (Lipinski definition) is 2. The van der Waals surface area contributed by atoms with Crippen molar-refractivity contribution in [3.63, 3.8) is 0 Å². The standard InChI is InChI=1S/C19H19N5O/c1-14-2-4-15(5-3-14)10-22-18-13-21-17(12-23-18)19(25)24-11-16-6-8-20-9-7-16/h2-9,12-13H,10-11H2,1H3,(H,22,23)(H,24,25).